The van der Waals surface area contributed by atoms with Crippen molar-refractivity contribution in [3.05, 3.63) is 23.3 Å². The summed E-state index contributed by atoms with van der Waals surface area (Å²) in [6.45, 7) is 3.89. The summed E-state index contributed by atoms with van der Waals surface area (Å²) in [4.78, 5) is 0.279. The van der Waals surface area contributed by atoms with Crippen LogP contribution in [0.25, 0.3) is 0 Å². The first-order valence-electron chi connectivity index (χ1n) is 8.67. The van der Waals surface area contributed by atoms with Gasteiger partial charge in [0.15, 0.2) is 0 Å². The number of aryl methyl sites for hydroxylation is 2. The first kappa shape index (κ1) is 21.1. The van der Waals surface area contributed by atoms with Crippen LogP contribution < -0.4 is 4.74 Å². The predicted octanol–water partition coefficient (Wildman–Crippen LogP) is 2.18. The van der Waals surface area contributed by atoms with Gasteiger partial charge in [-0.1, -0.05) is 6.42 Å². The predicted molar refractivity (Wildman–Crippen MR) is 97.8 cm³/mol. The number of rotatable bonds is 7. The van der Waals surface area contributed by atoms with Crippen LogP contribution in [0.3, 0.4) is 0 Å². The van der Waals surface area contributed by atoms with Gasteiger partial charge in [-0.05, 0) is 62.8 Å². The van der Waals surface area contributed by atoms with Gasteiger partial charge in [-0.2, -0.15) is 4.31 Å². The normalized spacial score (nSPS) is 19.5. The highest BCUT2D eigenvalue weighted by Gasteiger charge is 2.35. The van der Waals surface area contributed by atoms with Crippen LogP contribution in [0.1, 0.15) is 43.2 Å². The average Bonchev–Trinajstić information content (AvgIpc) is 2.53. The maximum Gasteiger partial charge on any atom is 0.243 e. The van der Waals surface area contributed by atoms with Gasteiger partial charge < -0.3 is 9.29 Å². The molecule has 148 valence electrons. The molecular weight excluding hydrogens is 378 g/mol. The van der Waals surface area contributed by atoms with Crippen molar-refractivity contribution >= 4 is 20.1 Å². The Morgan fingerprint density at radius 2 is 1.77 bits per heavy atom. The Bertz CT molecular complexity index is 825. The second kappa shape index (κ2) is 8.24. The number of methoxy groups -OCH3 is 1. The summed E-state index contributed by atoms with van der Waals surface area (Å²) in [7, 11) is -6.46. The zero-order valence-corrected chi connectivity index (χ0v) is 17.0. The van der Waals surface area contributed by atoms with Gasteiger partial charge in [-0.15, -0.1) is 0 Å². The highest BCUT2D eigenvalue weighted by molar-refractivity contribution is 7.89. The number of hydrogen-bond acceptors (Lipinski definition) is 6. The molecule has 0 aliphatic carbocycles. The van der Waals surface area contributed by atoms with Crippen LogP contribution in [0.5, 0.6) is 5.75 Å². The summed E-state index contributed by atoms with van der Waals surface area (Å²) in [6, 6.07) is 3.11. The quantitative estimate of drug-likeness (QED) is 0.645. The molecule has 1 aliphatic rings. The standard InChI is InChI=1S/C17H27NO6S2/c1-13-11-16(24-3)12-14(2)17(13)26(22,23)18-9-5-4-7-15(18)8-6-10-25(19,20)21/h11-12,15H,4-10H2,1-3H3,(H,19,20,21)/p-1. The summed E-state index contributed by atoms with van der Waals surface area (Å²) < 4.78 is 65.8. The number of benzene rings is 1. The number of sulfonamides is 1. The lowest BCUT2D eigenvalue weighted by Gasteiger charge is -2.35. The number of piperidine rings is 1. The Balaban J connectivity index is 2.30. The molecule has 9 heteroatoms. The van der Waals surface area contributed by atoms with Gasteiger partial charge >= 0.3 is 0 Å². The zero-order chi connectivity index (χ0) is 19.5. The summed E-state index contributed by atoms with van der Waals surface area (Å²) in [5.74, 6) is 0.146. The minimum atomic E-state index is -4.28. The highest BCUT2D eigenvalue weighted by atomic mass is 32.2. The van der Waals surface area contributed by atoms with Gasteiger partial charge in [0, 0.05) is 18.3 Å². The van der Waals surface area contributed by atoms with Crippen LogP contribution in [0, 0.1) is 13.8 Å². The van der Waals surface area contributed by atoms with E-state index in [4.69, 9.17) is 4.74 Å². The van der Waals surface area contributed by atoms with Crippen LogP contribution in [-0.4, -0.2) is 51.1 Å². The summed E-state index contributed by atoms with van der Waals surface area (Å²) >= 11 is 0. The Kier molecular flexibility index (Phi) is 6.70. The molecule has 1 aliphatic heterocycles. The molecule has 0 spiro atoms. The van der Waals surface area contributed by atoms with Crippen molar-refractivity contribution in [3.63, 3.8) is 0 Å². The van der Waals surface area contributed by atoms with E-state index in [2.05, 4.69) is 0 Å². The van der Waals surface area contributed by atoms with E-state index in [9.17, 15) is 21.4 Å². The van der Waals surface area contributed by atoms with Gasteiger partial charge in [0.25, 0.3) is 0 Å². The number of hydrogen-bond donors (Lipinski definition) is 0. The third-order valence-corrected chi connectivity index (χ3v) is 7.79. The topological polar surface area (TPSA) is 104 Å². The van der Waals surface area contributed by atoms with E-state index in [0.29, 0.717) is 36.3 Å². The smallest absolute Gasteiger partial charge is 0.243 e. The molecular formula is C17H26NO6S2-. The Morgan fingerprint density at radius 3 is 2.31 bits per heavy atom. The second-order valence-corrected chi connectivity index (χ2v) is 10.1. The maximum atomic E-state index is 13.3. The molecule has 1 heterocycles. The number of nitrogens with zero attached hydrogens (tertiary/aromatic N) is 1. The van der Waals surface area contributed by atoms with Gasteiger partial charge in [-0.3, -0.25) is 0 Å². The minimum Gasteiger partial charge on any atom is -0.748 e. The van der Waals surface area contributed by atoms with Crippen molar-refractivity contribution in [1.82, 2.24) is 4.31 Å². The number of ether oxygens (including phenoxy) is 1. The average molecular weight is 405 g/mol. The molecule has 1 aromatic carbocycles. The van der Waals surface area contributed by atoms with Gasteiger partial charge in [0.1, 0.15) is 5.75 Å². The molecule has 1 aromatic rings. The third-order valence-electron chi connectivity index (χ3n) is 4.74. The van der Waals surface area contributed by atoms with Crippen LogP contribution in [0.15, 0.2) is 17.0 Å². The zero-order valence-electron chi connectivity index (χ0n) is 15.4. The first-order valence-corrected chi connectivity index (χ1v) is 11.7. The molecule has 0 aromatic heterocycles. The molecule has 0 radical (unpaired) electrons. The lowest BCUT2D eigenvalue weighted by atomic mass is 10.0. The van der Waals surface area contributed by atoms with Crippen molar-refractivity contribution in [2.45, 2.75) is 56.9 Å². The van der Waals surface area contributed by atoms with Crippen molar-refractivity contribution in [2.24, 2.45) is 0 Å². The lowest BCUT2D eigenvalue weighted by molar-refractivity contribution is 0.239. The van der Waals surface area contributed by atoms with Crippen LogP contribution >= 0.6 is 0 Å². The van der Waals surface area contributed by atoms with E-state index < -0.39 is 25.9 Å². The van der Waals surface area contributed by atoms with Gasteiger partial charge in [-0.25, -0.2) is 16.8 Å². The molecule has 0 bridgehead atoms. The molecule has 0 amide bonds. The monoisotopic (exact) mass is 404 g/mol. The van der Waals surface area contributed by atoms with Gasteiger partial charge in [0.05, 0.1) is 22.1 Å². The molecule has 1 fully saturated rings. The van der Waals surface area contributed by atoms with E-state index in [-0.39, 0.29) is 17.4 Å². The van der Waals surface area contributed by atoms with Crippen LogP contribution in [-0.2, 0) is 20.1 Å². The van der Waals surface area contributed by atoms with Gasteiger partial charge in [0.2, 0.25) is 10.0 Å². The summed E-state index contributed by atoms with van der Waals surface area (Å²) in [5, 5.41) is 0. The molecule has 0 saturated carbocycles. The summed E-state index contributed by atoms with van der Waals surface area (Å²) in [5.41, 5.74) is 1.24. The first-order chi connectivity index (χ1) is 12.1. The Morgan fingerprint density at radius 1 is 1.15 bits per heavy atom. The molecule has 0 N–H and O–H groups in total. The van der Waals surface area contributed by atoms with E-state index in [1.54, 1.807) is 26.0 Å². The highest BCUT2D eigenvalue weighted by Crippen LogP contribution is 2.33. The van der Waals surface area contributed by atoms with Crippen molar-refractivity contribution in [2.75, 3.05) is 19.4 Å². The van der Waals surface area contributed by atoms with E-state index in [1.807, 2.05) is 0 Å². The van der Waals surface area contributed by atoms with E-state index in [0.717, 1.165) is 12.8 Å². The van der Waals surface area contributed by atoms with Crippen LogP contribution in [0.4, 0.5) is 0 Å². The fraction of sp³-hybridized carbons (Fsp3) is 0.647. The molecule has 1 saturated heterocycles. The van der Waals surface area contributed by atoms with Crippen LogP contribution in [0.2, 0.25) is 0 Å². The Labute approximate surface area is 156 Å². The largest absolute Gasteiger partial charge is 0.748 e. The fourth-order valence-electron chi connectivity index (χ4n) is 3.63. The second-order valence-electron chi connectivity index (χ2n) is 6.76. The summed E-state index contributed by atoms with van der Waals surface area (Å²) in [6.07, 6.45) is 2.87. The molecule has 1 atom stereocenters. The Hall–Kier alpha value is -1.16. The van der Waals surface area contributed by atoms with Crippen molar-refractivity contribution < 1.29 is 26.1 Å². The molecule has 2 rings (SSSR count). The minimum absolute atomic E-state index is 0.170. The van der Waals surface area contributed by atoms with Crippen molar-refractivity contribution in [1.29, 1.82) is 0 Å². The van der Waals surface area contributed by atoms with Crippen molar-refractivity contribution in [3.8, 4) is 5.75 Å². The maximum absolute atomic E-state index is 13.3. The van der Waals surface area contributed by atoms with E-state index in [1.165, 1.54) is 11.4 Å². The van der Waals surface area contributed by atoms with E-state index >= 15 is 0 Å². The SMILES string of the molecule is COc1cc(C)c(S(=O)(=O)N2CCCCC2CCCS(=O)(=O)[O-])c(C)c1. The third kappa shape index (κ3) is 4.97. The molecule has 26 heavy (non-hydrogen) atoms. The molecule has 7 nitrogen and oxygen atoms in total. The molecule has 1 unspecified atom stereocenters. The lowest BCUT2D eigenvalue weighted by Crippen LogP contribution is -2.44. The fourth-order valence-corrected chi connectivity index (χ4v) is 6.29.